The van der Waals surface area contributed by atoms with Crippen molar-refractivity contribution in [2.45, 2.75) is 49.8 Å². The molecule has 1 unspecified atom stereocenters. The molecule has 2 aromatic rings. The van der Waals surface area contributed by atoms with Crippen LogP contribution >= 0.6 is 11.3 Å². The molecule has 2 fully saturated rings. The molecule has 1 saturated heterocycles. The Morgan fingerprint density at radius 3 is 2.66 bits per heavy atom. The largest absolute Gasteiger partial charge is 0.391 e. The number of nitrogens with zero attached hydrogens (tertiary/aromatic N) is 2. The fourth-order valence-corrected chi connectivity index (χ4v) is 5.26. The molecule has 1 aliphatic carbocycles. The van der Waals surface area contributed by atoms with Crippen LogP contribution in [0.3, 0.4) is 0 Å². The number of likely N-dealkylation sites (N-methyl/N-ethyl adjacent to an activating group) is 1. The topological polar surface area (TPSA) is 133 Å². The van der Waals surface area contributed by atoms with Crippen LogP contribution < -0.4 is 26.6 Å². The van der Waals surface area contributed by atoms with Crippen LogP contribution in [0.5, 0.6) is 0 Å². The maximum atomic E-state index is 12.9. The third-order valence-corrected chi connectivity index (χ3v) is 7.36. The molecule has 10 heteroatoms. The minimum Gasteiger partial charge on any atom is -0.391 e. The van der Waals surface area contributed by atoms with Gasteiger partial charge >= 0.3 is 0 Å². The zero-order chi connectivity index (χ0) is 22.7. The van der Waals surface area contributed by atoms with Crippen LogP contribution in [-0.2, 0) is 4.79 Å². The molecule has 4 rings (SSSR count). The Labute approximate surface area is 191 Å². The first-order valence-corrected chi connectivity index (χ1v) is 11.8. The molecule has 32 heavy (non-hydrogen) atoms. The summed E-state index contributed by atoms with van der Waals surface area (Å²) in [5.41, 5.74) is 6.86. The highest BCUT2D eigenvalue weighted by Crippen LogP contribution is 2.32. The first-order chi connectivity index (χ1) is 15.4. The maximum Gasteiger partial charge on any atom is 0.275 e. The third kappa shape index (κ3) is 4.57. The van der Waals surface area contributed by atoms with Gasteiger partial charge in [-0.05, 0) is 51.3 Å². The second-order valence-corrected chi connectivity index (χ2v) is 9.30. The van der Waals surface area contributed by atoms with Crippen molar-refractivity contribution in [1.29, 1.82) is 0 Å². The Morgan fingerprint density at radius 2 is 2.00 bits per heavy atom. The normalized spacial score (nSPS) is 22.5. The number of anilines is 3. The van der Waals surface area contributed by atoms with Gasteiger partial charge in [-0.25, -0.2) is 4.98 Å². The van der Waals surface area contributed by atoms with E-state index in [0.29, 0.717) is 42.4 Å². The number of amides is 2. The molecular weight excluding hydrogens is 428 g/mol. The molecule has 0 bridgehead atoms. The number of carbonyl (C=O) groups is 2. The van der Waals surface area contributed by atoms with Crippen LogP contribution in [0.25, 0.3) is 0 Å². The van der Waals surface area contributed by atoms with E-state index < -0.39 is 5.54 Å². The Bertz CT molecular complexity index is 972. The van der Waals surface area contributed by atoms with Crippen molar-refractivity contribution in [3.63, 3.8) is 0 Å². The Balaban J connectivity index is 1.42. The molecule has 0 radical (unpaired) electrons. The van der Waals surface area contributed by atoms with Gasteiger partial charge in [0, 0.05) is 18.5 Å². The molecule has 1 aromatic heterocycles. The number of carbonyl (C=O) groups excluding carboxylic acids is 2. The highest BCUT2D eigenvalue weighted by molar-refractivity contribution is 7.13. The highest BCUT2D eigenvalue weighted by atomic mass is 32.1. The van der Waals surface area contributed by atoms with Crippen molar-refractivity contribution < 1.29 is 14.7 Å². The Kier molecular flexibility index (Phi) is 6.63. The number of aromatic nitrogens is 1. The van der Waals surface area contributed by atoms with Gasteiger partial charge in [-0.1, -0.05) is 12.1 Å². The maximum absolute atomic E-state index is 12.9. The van der Waals surface area contributed by atoms with Gasteiger partial charge < -0.3 is 31.7 Å². The second kappa shape index (κ2) is 9.43. The lowest BCUT2D eigenvalue weighted by Crippen LogP contribution is -2.59. The number of benzene rings is 1. The Morgan fingerprint density at radius 1 is 1.25 bits per heavy atom. The van der Waals surface area contributed by atoms with E-state index in [1.165, 1.54) is 11.3 Å². The molecule has 172 valence electrons. The summed E-state index contributed by atoms with van der Waals surface area (Å²) in [5.74, 6) is -0.619. The van der Waals surface area contributed by atoms with Crippen LogP contribution in [0.15, 0.2) is 29.6 Å². The third-order valence-electron chi connectivity index (χ3n) is 6.59. The molecule has 9 nitrogen and oxygen atoms in total. The zero-order valence-corrected chi connectivity index (χ0v) is 19.0. The van der Waals surface area contributed by atoms with Crippen molar-refractivity contribution in [2.24, 2.45) is 5.73 Å². The summed E-state index contributed by atoms with van der Waals surface area (Å²) in [5, 5.41) is 21.7. The Hall–Kier alpha value is -2.69. The molecule has 6 N–H and O–H groups in total. The van der Waals surface area contributed by atoms with Crippen LogP contribution in [0.4, 0.5) is 16.5 Å². The fraction of sp³-hybridized carbons (Fsp3) is 0.500. The van der Waals surface area contributed by atoms with Crippen molar-refractivity contribution in [2.75, 3.05) is 35.7 Å². The molecule has 1 saturated carbocycles. The molecule has 0 spiro atoms. The number of aliphatic hydroxyl groups excluding tert-OH is 1. The summed E-state index contributed by atoms with van der Waals surface area (Å²) < 4.78 is 0. The molecule has 2 heterocycles. The smallest absolute Gasteiger partial charge is 0.275 e. The van der Waals surface area contributed by atoms with E-state index in [0.717, 1.165) is 24.9 Å². The molecular formula is C22H30N6O3S. The number of para-hydroxylation sites is 2. The molecule has 1 aromatic carbocycles. The van der Waals surface area contributed by atoms with E-state index in [2.05, 4.69) is 25.8 Å². The summed E-state index contributed by atoms with van der Waals surface area (Å²) >= 11 is 1.36. The SMILES string of the molecule is CNC1(C(N)=O)CCN(c2ccccc2NC(=O)c2csc(NC3CCC[C@@H]3O)n2)CC1. The van der Waals surface area contributed by atoms with Crippen molar-refractivity contribution in [3.8, 4) is 0 Å². The van der Waals surface area contributed by atoms with Crippen molar-refractivity contribution in [3.05, 3.63) is 35.3 Å². The summed E-state index contributed by atoms with van der Waals surface area (Å²) in [6, 6.07) is 7.61. The predicted octanol–water partition coefficient (Wildman–Crippen LogP) is 1.76. The lowest BCUT2D eigenvalue weighted by Gasteiger charge is -2.41. The van der Waals surface area contributed by atoms with E-state index in [1.54, 1.807) is 12.4 Å². The van der Waals surface area contributed by atoms with Crippen LogP contribution in [0, 0.1) is 0 Å². The van der Waals surface area contributed by atoms with Crippen LogP contribution in [0.2, 0.25) is 0 Å². The monoisotopic (exact) mass is 458 g/mol. The summed E-state index contributed by atoms with van der Waals surface area (Å²) in [6.45, 7) is 1.29. The number of rotatable bonds is 7. The van der Waals surface area contributed by atoms with Crippen LogP contribution in [-0.4, -0.2) is 59.7 Å². The van der Waals surface area contributed by atoms with E-state index in [1.807, 2.05) is 24.3 Å². The number of aliphatic hydroxyl groups is 1. The van der Waals surface area contributed by atoms with E-state index in [-0.39, 0.29) is 24.0 Å². The lowest BCUT2D eigenvalue weighted by atomic mass is 9.86. The molecule has 2 amide bonds. The van der Waals surface area contributed by atoms with Gasteiger partial charge in [0.15, 0.2) is 5.13 Å². The minimum absolute atomic E-state index is 0.0120. The number of piperidine rings is 1. The van der Waals surface area contributed by atoms with Gasteiger partial charge in [0.25, 0.3) is 5.91 Å². The van der Waals surface area contributed by atoms with Gasteiger partial charge in [0.1, 0.15) is 11.2 Å². The minimum atomic E-state index is -0.689. The van der Waals surface area contributed by atoms with Crippen LogP contribution in [0.1, 0.15) is 42.6 Å². The van der Waals surface area contributed by atoms with Gasteiger partial charge in [-0.3, -0.25) is 9.59 Å². The summed E-state index contributed by atoms with van der Waals surface area (Å²) in [6.07, 6.45) is 3.49. The highest BCUT2D eigenvalue weighted by Gasteiger charge is 2.38. The molecule has 2 aliphatic rings. The fourth-order valence-electron chi connectivity index (χ4n) is 4.50. The van der Waals surface area contributed by atoms with E-state index >= 15 is 0 Å². The number of thiazole rings is 1. The van der Waals surface area contributed by atoms with Gasteiger partial charge in [0.2, 0.25) is 5.91 Å². The van der Waals surface area contributed by atoms with Crippen molar-refractivity contribution >= 4 is 39.7 Å². The number of nitrogens with one attached hydrogen (secondary N) is 3. The number of primary amides is 1. The van der Waals surface area contributed by atoms with Gasteiger partial charge in [0.05, 0.1) is 23.5 Å². The first-order valence-electron chi connectivity index (χ1n) is 11.0. The second-order valence-electron chi connectivity index (χ2n) is 8.44. The number of hydrogen-bond acceptors (Lipinski definition) is 8. The average Bonchev–Trinajstić information content (AvgIpc) is 3.43. The quantitative estimate of drug-likeness (QED) is 0.427. The van der Waals surface area contributed by atoms with Gasteiger partial charge in [-0.15, -0.1) is 11.3 Å². The van der Waals surface area contributed by atoms with Gasteiger partial charge in [-0.2, -0.15) is 0 Å². The number of nitrogens with two attached hydrogens (primary N) is 1. The number of hydrogen-bond donors (Lipinski definition) is 5. The molecule has 1 aliphatic heterocycles. The van der Waals surface area contributed by atoms with E-state index in [4.69, 9.17) is 5.73 Å². The predicted molar refractivity (Wildman–Crippen MR) is 126 cm³/mol. The summed E-state index contributed by atoms with van der Waals surface area (Å²) in [4.78, 5) is 31.3. The summed E-state index contributed by atoms with van der Waals surface area (Å²) in [7, 11) is 1.76. The molecule has 2 atom stereocenters. The zero-order valence-electron chi connectivity index (χ0n) is 18.1. The first kappa shape index (κ1) is 22.5. The van der Waals surface area contributed by atoms with Crippen molar-refractivity contribution in [1.82, 2.24) is 10.3 Å². The average molecular weight is 459 g/mol. The van der Waals surface area contributed by atoms with E-state index in [9.17, 15) is 14.7 Å². The lowest BCUT2D eigenvalue weighted by molar-refractivity contribution is -0.125. The standard InChI is InChI=1S/C22H30N6O3S/c1-24-22(20(23)31)9-11-28(12-10-22)17-7-3-2-5-14(17)25-19(30)16-13-32-21(27-16)26-15-6-4-8-18(15)29/h2-3,5,7,13,15,18,24,29H,4,6,8-12H2,1H3,(H2,23,31)(H,25,30)(H,26,27)/t15?,18-/m0/s1.